The second-order valence-electron chi connectivity index (χ2n) is 10.0. The van der Waals surface area contributed by atoms with E-state index in [1.165, 1.54) is 5.56 Å². The maximum atomic E-state index is 13.6. The van der Waals surface area contributed by atoms with Crippen LogP contribution in [0.4, 0.5) is 0 Å². The third-order valence-corrected chi connectivity index (χ3v) is 7.17. The Balaban J connectivity index is 1.48. The summed E-state index contributed by atoms with van der Waals surface area (Å²) in [6.45, 7) is 6.99. The summed E-state index contributed by atoms with van der Waals surface area (Å²) in [5.41, 5.74) is 3.28. The molecule has 1 saturated heterocycles. The number of aromatic amines is 1. The molecule has 0 radical (unpaired) electrons. The van der Waals surface area contributed by atoms with Gasteiger partial charge in [0.05, 0.1) is 11.6 Å². The lowest BCUT2D eigenvalue weighted by atomic mass is 9.99. The minimum absolute atomic E-state index is 0.00386. The first-order valence-electron chi connectivity index (χ1n) is 12.9. The molecule has 1 aliphatic rings. The van der Waals surface area contributed by atoms with Gasteiger partial charge >= 0.3 is 0 Å². The second-order valence-corrected chi connectivity index (χ2v) is 10.0. The minimum Gasteiger partial charge on any atom is -0.487 e. The Morgan fingerprint density at radius 1 is 1.11 bits per heavy atom. The van der Waals surface area contributed by atoms with Crippen molar-refractivity contribution in [1.29, 1.82) is 0 Å². The summed E-state index contributed by atoms with van der Waals surface area (Å²) in [6, 6.07) is 15.5. The zero-order valence-electron chi connectivity index (χ0n) is 21.7. The lowest BCUT2D eigenvalue weighted by Gasteiger charge is -2.31. The second kappa shape index (κ2) is 11.6. The summed E-state index contributed by atoms with van der Waals surface area (Å²) in [7, 11) is 1.74. The van der Waals surface area contributed by atoms with Crippen molar-refractivity contribution in [3.8, 4) is 5.75 Å². The molecule has 0 unspecified atom stereocenters. The van der Waals surface area contributed by atoms with Crippen LogP contribution in [0.3, 0.4) is 0 Å². The van der Waals surface area contributed by atoms with Crippen LogP contribution in [0, 0.1) is 5.92 Å². The van der Waals surface area contributed by atoms with Crippen LogP contribution in [0.1, 0.15) is 44.7 Å². The molecular weight excluding hydrogens is 452 g/mol. The van der Waals surface area contributed by atoms with E-state index in [1.807, 2.05) is 55.3 Å². The SMILES string of the molecule is CN[C@@H](C)C(=O)N[C@H](C(=O)N1CCC[C@H]1Cc1c[nH]c2c(OCc3ccccc3)cccc12)C(C)C. The molecule has 4 rings (SSSR count). The van der Waals surface area contributed by atoms with E-state index in [9.17, 15) is 9.59 Å². The van der Waals surface area contributed by atoms with E-state index in [0.717, 1.165) is 48.0 Å². The normalized spacial score (nSPS) is 17.4. The molecule has 36 heavy (non-hydrogen) atoms. The highest BCUT2D eigenvalue weighted by Gasteiger charge is 2.36. The summed E-state index contributed by atoms with van der Waals surface area (Å²) in [6.07, 6.45) is 4.72. The van der Waals surface area contributed by atoms with Crippen molar-refractivity contribution in [3.05, 3.63) is 65.9 Å². The van der Waals surface area contributed by atoms with E-state index < -0.39 is 6.04 Å². The van der Waals surface area contributed by atoms with Crippen molar-refractivity contribution in [1.82, 2.24) is 20.5 Å². The number of nitrogens with zero attached hydrogens (tertiary/aromatic N) is 1. The van der Waals surface area contributed by atoms with Crippen molar-refractivity contribution in [3.63, 3.8) is 0 Å². The van der Waals surface area contributed by atoms with E-state index in [2.05, 4.69) is 33.8 Å². The molecule has 192 valence electrons. The summed E-state index contributed by atoms with van der Waals surface area (Å²) in [5.74, 6) is 0.684. The predicted molar refractivity (Wildman–Crippen MR) is 143 cm³/mol. The molecule has 2 heterocycles. The van der Waals surface area contributed by atoms with Crippen LogP contribution < -0.4 is 15.4 Å². The average Bonchev–Trinajstić information content (AvgIpc) is 3.53. The molecule has 3 aromatic rings. The lowest BCUT2D eigenvalue weighted by Crippen LogP contribution is -2.55. The van der Waals surface area contributed by atoms with Crippen molar-refractivity contribution < 1.29 is 14.3 Å². The van der Waals surface area contributed by atoms with Gasteiger partial charge in [0.15, 0.2) is 0 Å². The summed E-state index contributed by atoms with van der Waals surface area (Å²) < 4.78 is 6.13. The van der Waals surface area contributed by atoms with Crippen LogP contribution >= 0.6 is 0 Å². The van der Waals surface area contributed by atoms with E-state index in [-0.39, 0.29) is 29.8 Å². The standard InChI is InChI=1S/C29H38N4O3/c1-19(2)26(32-28(34)20(3)30-4)29(35)33-15-9-12-23(33)16-22-17-31-27-24(22)13-8-14-25(27)36-18-21-10-6-5-7-11-21/h5-8,10-11,13-14,17,19-20,23,26,30-31H,9,12,15-16,18H2,1-4H3,(H,32,34)/t20-,23-,26-/m0/s1. The van der Waals surface area contributed by atoms with Gasteiger partial charge in [-0.15, -0.1) is 0 Å². The molecule has 1 aliphatic heterocycles. The fourth-order valence-corrected chi connectivity index (χ4v) is 4.90. The number of H-pyrrole nitrogens is 1. The van der Waals surface area contributed by atoms with E-state index in [4.69, 9.17) is 4.74 Å². The Hall–Kier alpha value is -3.32. The van der Waals surface area contributed by atoms with Crippen molar-refractivity contribution >= 4 is 22.7 Å². The number of aromatic nitrogens is 1. The van der Waals surface area contributed by atoms with Gasteiger partial charge in [-0.3, -0.25) is 9.59 Å². The lowest BCUT2D eigenvalue weighted by molar-refractivity contribution is -0.138. The van der Waals surface area contributed by atoms with Crippen molar-refractivity contribution in [2.45, 2.75) is 64.8 Å². The fraction of sp³-hybridized carbons (Fsp3) is 0.448. The Labute approximate surface area is 213 Å². The largest absolute Gasteiger partial charge is 0.487 e. The van der Waals surface area contributed by atoms with Gasteiger partial charge in [0.25, 0.3) is 0 Å². The molecule has 0 bridgehead atoms. The zero-order chi connectivity index (χ0) is 25.7. The zero-order valence-corrected chi connectivity index (χ0v) is 21.7. The maximum absolute atomic E-state index is 13.6. The number of fused-ring (bicyclic) bond motifs is 1. The minimum atomic E-state index is -0.533. The van der Waals surface area contributed by atoms with Crippen LogP contribution in [0.5, 0.6) is 5.75 Å². The number of carbonyl (C=O) groups is 2. The number of hydrogen-bond acceptors (Lipinski definition) is 4. The highest BCUT2D eigenvalue weighted by atomic mass is 16.5. The number of hydrogen-bond donors (Lipinski definition) is 3. The Kier molecular flexibility index (Phi) is 8.31. The molecule has 0 spiro atoms. The Morgan fingerprint density at radius 2 is 1.89 bits per heavy atom. The molecule has 3 atom stereocenters. The fourth-order valence-electron chi connectivity index (χ4n) is 4.90. The number of nitrogens with one attached hydrogen (secondary N) is 3. The average molecular weight is 491 g/mol. The number of rotatable bonds is 10. The Morgan fingerprint density at radius 3 is 2.61 bits per heavy atom. The highest BCUT2D eigenvalue weighted by Crippen LogP contribution is 2.31. The van der Waals surface area contributed by atoms with Gasteiger partial charge in [-0.05, 0) is 56.3 Å². The van der Waals surface area contributed by atoms with Gasteiger partial charge < -0.3 is 25.3 Å². The van der Waals surface area contributed by atoms with Gasteiger partial charge in [-0.1, -0.05) is 56.3 Å². The van der Waals surface area contributed by atoms with Crippen molar-refractivity contribution in [2.24, 2.45) is 5.92 Å². The molecular formula is C29H38N4O3. The first-order valence-corrected chi connectivity index (χ1v) is 12.9. The maximum Gasteiger partial charge on any atom is 0.245 e. The first kappa shape index (κ1) is 25.8. The number of para-hydroxylation sites is 1. The number of likely N-dealkylation sites (N-methyl/N-ethyl adjacent to an activating group) is 1. The van der Waals surface area contributed by atoms with Crippen LogP contribution in [-0.4, -0.2) is 53.4 Å². The summed E-state index contributed by atoms with van der Waals surface area (Å²) in [4.78, 5) is 31.5. The molecule has 0 aliphatic carbocycles. The third-order valence-electron chi connectivity index (χ3n) is 7.17. The quantitative estimate of drug-likeness (QED) is 0.401. The van der Waals surface area contributed by atoms with Crippen LogP contribution in [0.2, 0.25) is 0 Å². The smallest absolute Gasteiger partial charge is 0.245 e. The first-order chi connectivity index (χ1) is 17.4. The molecule has 1 fully saturated rings. The van der Waals surface area contributed by atoms with Crippen LogP contribution in [0.15, 0.2) is 54.7 Å². The predicted octanol–water partition coefficient (Wildman–Crippen LogP) is 4.03. The number of carbonyl (C=O) groups excluding carboxylic acids is 2. The van der Waals surface area contributed by atoms with E-state index in [1.54, 1.807) is 14.0 Å². The molecule has 2 amide bonds. The molecule has 0 saturated carbocycles. The number of likely N-dealkylation sites (tertiary alicyclic amines) is 1. The number of benzene rings is 2. The van der Waals surface area contributed by atoms with Gasteiger partial charge in [0.1, 0.15) is 18.4 Å². The van der Waals surface area contributed by atoms with Gasteiger partial charge in [0, 0.05) is 24.2 Å². The third kappa shape index (κ3) is 5.73. The Bertz CT molecular complexity index is 1170. The molecule has 2 aromatic carbocycles. The number of amides is 2. The highest BCUT2D eigenvalue weighted by molar-refractivity contribution is 5.90. The van der Waals surface area contributed by atoms with E-state index >= 15 is 0 Å². The number of ether oxygens (including phenoxy) is 1. The van der Waals surface area contributed by atoms with Crippen molar-refractivity contribution in [2.75, 3.05) is 13.6 Å². The topological polar surface area (TPSA) is 86.5 Å². The monoisotopic (exact) mass is 490 g/mol. The summed E-state index contributed by atoms with van der Waals surface area (Å²) >= 11 is 0. The van der Waals surface area contributed by atoms with E-state index in [0.29, 0.717) is 6.61 Å². The van der Waals surface area contributed by atoms with Crippen LogP contribution in [0.25, 0.3) is 10.9 Å². The molecule has 7 nitrogen and oxygen atoms in total. The van der Waals surface area contributed by atoms with Gasteiger partial charge in [-0.2, -0.15) is 0 Å². The summed E-state index contributed by atoms with van der Waals surface area (Å²) in [5, 5.41) is 7.04. The van der Waals surface area contributed by atoms with Crippen LogP contribution in [-0.2, 0) is 22.6 Å². The van der Waals surface area contributed by atoms with Gasteiger partial charge in [-0.25, -0.2) is 0 Å². The molecule has 1 aromatic heterocycles. The van der Waals surface area contributed by atoms with Gasteiger partial charge in [0.2, 0.25) is 11.8 Å². The molecule has 7 heteroatoms. The molecule has 3 N–H and O–H groups in total.